The average molecular weight is 282 g/mol. The summed E-state index contributed by atoms with van der Waals surface area (Å²) in [5.74, 6) is 0.608. The molecule has 112 valence electrons. The van der Waals surface area contributed by atoms with Crippen LogP contribution in [0.3, 0.4) is 0 Å². The van der Waals surface area contributed by atoms with Crippen molar-refractivity contribution in [2.75, 3.05) is 7.11 Å². The summed E-state index contributed by atoms with van der Waals surface area (Å²) in [6, 6.07) is 0. The van der Waals surface area contributed by atoms with E-state index in [1.54, 1.807) is 4.68 Å². The van der Waals surface area contributed by atoms with Crippen LogP contribution in [-0.4, -0.2) is 44.5 Å². The summed E-state index contributed by atoms with van der Waals surface area (Å²) in [5, 5.41) is 20.6. The first-order valence-electron chi connectivity index (χ1n) is 7.18. The van der Waals surface area contributed by atoms with Crippen molar-refractivity contribution in [2.24, 2.45) is 5.92 Å². The Morgan fingerprint density at radius 2 is 2.20 bits per heavy atom. The van der Waals surface area contributed by atoms with Gasteiger partial charge in [0.2, 0.25) is 0 Å². The van der Waals surface area contributed by atoms with Crippen molar-refractivity contribution >= 4 is 5.97 Å². The maximum Gasteiger partial charge on any atom is 0.306 e. The van der Waals surface area contributed by atoms with Crippen molar-refractivity contribution < 1.29 is 14.6 Å². The molecule has 1 aromatic heterocycles. The lowest BCUT2D eigenvalue weighted by molar-refractivity contribution is -0.140. The van der Waals surface area contributed by atoms with Gasteiger partial charge in [0, 0.05) is 13.5 Å². The molecular formula is C13H22N4O3. The van der Waals surface area contributed by atoms with Crippen molar-refractivity contribution in [3.63, 3.8) is 0 Å². The molecular weight excluding hydrogens is 260 g/mol. The van der Waals surface area contributed by atoms with E-state index in [0.717, 1.165) is 12.2 Å². The second-order valence-electron chi connectivity index (χ2n) is 5.44. The number of rotatable bonds is 7. The number of nitrogens with zero attached hydrogens (tertiary/aromatic N) is 4. The molecule has 2 rings (SSSR count). The highest BCUT2D eigenvalue weighted by atomic mass is 16.5. The Labute approximate surface area is 118 Å². The van der Waals surface area contributed by atoms with E-state index in [4.69, 9.17) is 9.84 Å². The van der Waals surface area contributed by atoms with Crippen LogP contribution in [-0.2, 0) is 22.5 Å². The predicted molar refractivity (Wildman–Crippen MR) is 71.1 cm³/mol. The largest absolute Gasteiger partial charge is 0.481 e. The van der Waals surface area contributed by atoms with E-state index >= 15 is 0 Å². The summed E-state index contributed by atoms with van der Waals surface area (Å²) in [6.45, 7) is 0.387. The number of tetrazole rings is 1. The Morgan fingerprint density at radius 3 is 2.85 bits per heavy atom. The molecule has 1 fully saturated rings. The third kappa shape index (κ3) is 4.26. The fourth-order valence-corrected chi connectivity index (χ4v) is 2.77. The Bertz CT molecular complexity index is 429. The van der Waals surface area contributed by atoms with E-state index in [9.17, 15) is 4.79 Å². The van der Waals surface area contributed by atoms with E-state index < -0.39 is 12.1 Å². The lowest BCUT2D eigenvalue weighted by Gasteiger charge is -2.21. The van der Waals surface area contributed by atoms with Crippen molar-refractivity contribution in [3.8, 4) is 0 Å². The van der Waals surface area contributed by atoms with Gasteiger partial charge < -0.3 is 9.84 Å². The van der Waals surface area contributed by atoms with Crippen LogP contribution in [0.25, 0.3) is 0 Å². The van der Waals surface area contributed by atoms with Gasteiger partial charge in [-0.15, -0.1) is 5.10 Å². The molecule has 1 atom stereocenters. The van der Waals surface area contributed by atoms with E-state index in [1.807, 2.05) is 0 Å². The second kappa shape index (κ2) is 7.33. The van der Waals surface area contributed by atoms with Gasteiger partial charge in [-0.3, -0.25) is 4.79 Å². The summed E-state index contributed by atoms with van der Waals surface area (Å²) in [6.07, 6.45) is 6.78. The second-order valence-corrected chi connectivity index (χ2v) is 5.44. The molecule has 7 heteroatoms. The normalized spacial score (nSPS) is 18.1. The molecule has 20 heavy (non-hydrogen) atoms. The summed E-state index contributed by atoms with van der Waals surface area (Å²) in [5.41, 5.74) is 0. The van der Waals surface area contributed by atoms with Crippen LogP contribution in [0.2, 0.25) is 0 Å². The molecule has 1 saturated carbocycles. The lowest BCUT2D eigenvalue weighted by Crippen LogP contribution is -2.25. The lowest BCUT2D eigenvalue weighted by atomic mass is 9.87. The topological polar surface area (TPSA) is 90.1 Å². The molecule has 0 aliphatic heterocycles. The fraction of sp³-hybridized carbons (Fsp3) is 0.846. The maximum atomic E-state index is 10.8. The van der Waals surface area contributed by atoms with Gasteiger partial charge in [0.15, 0.2) is 5.82 Å². The van der Waals surface area contributed by atoms with Gasteiger partial charge >= 0.3 is 5.97 Å². The van der Waals surface area contributed by atoms with Crippen LogP contribution in [0.15, 0.2) is 0 Å². The molecule has 0 radical (unpaired) electrons. The number of methoxy groups -OCH3 is 1. The van der Waals surface area contributed by atoms with Gasteiger partial charge in [0.1, 0.15) is 0 Å². The Morgan fingerprint density at radius 1 is 1.45 bits per heavy atom. The van der Waals surface area contributed by atoms with Crippen molar-refractivity contribution in [3.05, 3.63) is 5.82 Å². The molecule has 1 aromatic rings. The highest BCUT2D eigenvalue weighted by molar-refractivity contribution is 5.67. The quantitative estimate of drug-likeness (QED) is 0.810. The molecule has 1 N–H and O–H groups in total. The third-order valence-corrected chi connectivity index (χ3v) is 3.91. The summed E-state index contributed by atoms with van der Waals surface area (Å²) in [7, 11) is 1.51. The standard InChI is InChI=1S/C13H22N4O3/c1-20-11(8-13(18)19)9-17-12(14-15-16-17)7-10-5-3-2-4-6-10/h10-11H,2-9H2,1H3,(H,18,19). The third-order valence-electron chi connectivity index (χ3n) is 3.91. The molecule has 0 aromatic carbocycles. The number of hydrogen-bond donors (Lipinski definition) is 1. The van der Waals surface area contributed by atoms with Gasteiger partial charge in [-0.05, 0) is 16.3 Å². The number of ether oxygens (including phenoxy) is 1. The van der Waals surface area contributed by atoms with Crippen LogP contribution in [0.4, 0.5) is 0 Å². The first-order chi connectivity index (χ1) is 9.69. The van der Waals surface area contributed by atoms with Crippen molar-refractivity contribution in [1.29, 1.82) is 0 Å². The van der Waals surface area contributed by atoms with E-state index in [0.29, 0.717) is 12.5 Å². The number of carboxylic acid groups (broad SMARTS) is 1. The SMILES string of the molecule is COC(CC(=O)O)Cn1nnnc1CC1CCCCC1. The van der Waals surface area contributed by atoms with E-state index in [1.165, 1.54) is 39.2 Å². The van der Waals surface area contributed by atoms with E-state index in [-0.39, 0.29) is 6.42 Å². The number of hydrogen-bond acceptors (Lipinski definition) is 5. The molecule has 0 spiro atoms. The zero-order valence-electron chi connectivity index (χ0n) is 11.9. The zero-order valence-corrected chi connectivity index (χ0v) is 11.9. The Hall–Kier alpha value is -1.50. The highest BCUT2D eigenvalue weighted by Crippen LogP contribution is 2.26. The molecule has 0 amide bonds. The molecule has 1 aliphatic rings. The molecule has 1 heterocycles. The zero-order chi connectivity index (χ0) is 14.4. The molecule has 0 saturated heterocycles. The smallest absolute Gasteiger partial charge is 0.306 e. The van der Waals surface area contributed by atoms with Crippen LogP contribution < -0.4 is 0 Å². The average Bonchev–Trinajstić information content (AvgIpc) is 2.86. The molecule has 0 bridgehead atoms. The van der Waals surface area contributed by atoms with Crippen LogP contribution in [0.5, 0.6) is 0 Å². The fourth-order valence-electron chi connectivity index (χ4n) is 2.77. The van der Waals surface area contributed by atoms with Crippen molar-refractivity contribution in [2.45, 2.75) is 57.6 Å². The van der Waals surface area contributed by atoms with Gasteiger partial charge in [-0.2, -0.15) is 0 Å². The summed E-state index contributed by atoms with van der Waals surface area (Å²) >= 11 is 0. The maximum absolute atomic E-state index is 10.8. The van der Waals surface area contributed by atoms with Crippen molar-refractivity contribution in [1.82, 2.24) is 20.2 Å². The minimum Gasteiger partial charge on any atom is -0.481 e. The van der Waals surface area contributed by atoms with E-state index in [2.05, 4.69) is 15.5 Å². The van der Waals surface area contributed by atoms with Crippen LogP contribution in [0, 0.1) is 5.92 Å². The monoisotopic (exact) mass is 282 g/mol. The minimum atomic E-state index is -0.876. The Kier molecular flexibility index (Phi) is 5.46. The molecule has 1 aliphatic carbocycles. The van der Waals surface area contributed by atoms with Gasteiger partial charge in [-0.1, -0.05) is 32.1 Å². The van der Waals surface area contributed by atoms with Gasteiger partial charge in [0.05, 0.1) is 19.1 Å². The summed E-state index contributed by atoms with van der Waals surface area (Å²) < 4.78 is 6.87. The number of carboxylic acids is 1. The van der Waals surface area contributed by atoms with Gasteiger partial charge in [0.25, 0.3) is 0 Å². The van der Waals surface area contributed by atoms with Crippen LogP contribution >= 0.6 is 0 Å². The highest BCUT2D eigenvalue weighted by Gasteiger charge is 2.20. The predicted octanol–water partition coefficient (Wildman–Crippen LogP) is 1.29. The summed E-state index contributed by atoms with van der Waals surface area (Å²) in [4.78, 5) is 10.8. The van der Waals surface area contributed by atoms with Gasteiger partial charge in [-0.25, -0.2) is 4.68 Å². The first kappa shape index (κ1) is 14.9. The Balaban J connectivity index is 1.94. The minimum absolute atomic E-state index is 0.0424. The van der Waals surface area contributed by atoms with Crippen LogP contribution in [0.1, 0.15) is 44.3 Å². The number of carbonyl (C=O) groups is 1. The molecule has 7 nitrogen and oxygen atoms in total. The molecule has 1 unspecified atom stereocenters. The first-order valence-corrected chi connectivity index (χ1v) is 7.18. The number of aliphatic carboxylic acids is 1. The number of aromatic nitrogens is 4.